The largest absolute Gasteiger partial charge is 0.497 e. The fourth-order valence-electron chi connectivity index (χ4n) is 2.90. The van der Waals surface area contributed by atoms with Gasteiger partial charge in [0, 0.05) is 24.4 Å². The predicted molar refractivity (Wildman–Crippen MR) is 101 cm³/mol. The number of fused-ring (bicyclic) bond motifs is 1. The van der Waals surface area contributed by atoms with Gasteiger partial charge in [-0.25, -0.2) is 0 Å². The zero-order valence-electron chi connectivity index (χ0n) is 15.1. The lowest BCUT2D eigenvalue weighted by Crippen LogP contribution is -2.18. The summed E-state index contributed by atoms with van der Waals surface area (Å²) in [6.07, 6.45) is 0. The Morgan fingerprint density at radius 2 is 1.81 bits per heavy atom. The number of aryl methyl sites for hydroxylation is 1. The molecule has 1 aromatic heterocycles. The van der Waals surface area contributed by atoms with Crippen LogP contribution in [0.5, 0.6) is 17.2 Å². The summed E-state index contributed by atoms with van der Waals surface area (Å²) in [6.45, 7) is 1.03. The molecular weight excluding hydrogens is 346 g/mol. The van der Waals surface area contributed by atoms with E-state index >= 15 is 0 Å². The molecule has 138 valence electrons. The molecule has 0 radical (unpaired) electrons. The van der Waals surface area contributed by atoms with Crippen LogP contribution in [-0.4, -0.2) is 36.0 Å². The van der Waals surface area contributed by atoms with E-state index in [2.05, 4.69) is 10.4 Å². The Morgan fingerprint density at radius 3 is 2.56 bits per heavy atom. The van der Waals surface area contributed by atoms with E-state index in [9.17, 15) is 4.79 Å². The van der Waals surface area contributed by atoms with Gasteiger partial charge in [-0.05, 0) is 42.5 Å². The molecule has 0 fully saturated rings. The summed E-state index contributed by atoms with van der Waals surface area (Å²) in [5.74, 6) is 1.83. The summed E-state index contributed by atoms with van der Waals surface area (Å²) in [7, 11) is 3.36. The van der Waals surface area contributed by atoms with Crippen molar-refractivity contribution in [3.63, 3.8) is 0 Å². The van der Waals surface area contributed by atoms with Gasteiger partial charge >= 0.3 is 0 Å². The first-order chi connectivity index (χ1) is 13.1. The molecule has 3 aromatic rings. The third kappa shape index (κ3) is 3.44. The average Bonchev–Trinajstić information content (AvgIpc) is 3.10. The van der Waals surface area contributed by atoms with Gasteiger partial charge in [-0.1, -0.05) is 0 Å². The molecule has 1 aliphatic rings. The Hall–Kier alpha value is -3.48. The topological polar surface area (TPSA) is 74.6 Å². The number of carbonyl (C=O) groups is 1. The number of amides is 1. The van der Waals surface area contributed by atoms with Crippen LogP contribution < -0.4 is 19.5 Å². The summed E-state index contributed by atoms with van der Waals surface area (Å²) >= 11 is 0. The Kier molecular flexibility index (Phi) is 4.42. The van der Waals surface area contributed by atoms with Gasteiger partial charge in [-0.15, -0.1) is 0 Å². The molecule has 2 heterocycles. The number of nitrogens with one attached hydrogen (secondary N) is 1. The number of ether oxygens (including phenoxy) is 3. The van der Waals surface area contributed by atoms with E-state index in [1.54, 1.807) is 43.1 Å². The standard InChI is InChI=1S/C20H19N3O4/c1-23-17(12-16(22-23)13-3-6-15(25-2)7-4-13)20(24)21-14-5-8-18-19(11-14)27-10-9-26-18/h3-8,11-12H,9-10H2,1-2H3,(H,21,24). The van der Waals surface area contributed by atoms with Crippen LogP contribution in [0.2, 0.25) is 0 Å². The van der Waals surface area contributed by atoms with Crippen molar-refractivity contribution in [2.75, 3.05) is 25.6 Å². The fourth-order valence-corrected chi connectivity index (χ4v) is 2.90. The molecule has 1 amide bonds. The van der Waals surface area contributed by atoms with Crippen LogP contribution in [0.25, 0.3) is 11.3 Å². The van der Waals surface area contributed by atoms with E-state index in [1.165, 1.54) is 0 Å². The van der Waals surface area contributed by atoms with Crippen molar-refractivity contribution in [1.82, 2.24) is 9.78 Å². The molecule has 0 spiro atoms. The summed E-state index contributed by atoms with van der Waals surface area (Å²) < 4.78 is 17.8. The van der Waals surface area contributed by atoms with Crippen molar-refractivity contribution >= 4 is 11.6 Å². The van der Waals surface area contributed by atoms with Crippen molar-refractivity contribution in [3.05, 3.63) is 54.2 Å². The lowest BCUT2D eigenvalue weighted by atomic mass is 10.1. The van der Waals surface area contributed by atoms with Gasteiger partial charge in [0.2, 0.25) is 0 Å². The molecule has 7 nitrogen and oxygen atoms in total. The molecule has 1 aliphatic heterocycles. The minimum atomic E-state index is -0.249. The maximum Gasteiger partial charge on any atom is 0.273 e. The highest BCUT2D eigenvalue weighted by molar-refractivity contribution is 6.03. The SMILES string of the molecule is COc1ccc(-c2cc(C(=O)Nc3ccc4c(c3)OCCO4)n(C)n2)cc1. The average molecular weight is 365 g/mol. The highest BCUT2D eigenvalue weighted by Crippen LogP contribution is 2.32. The third-order valence-electron chi connectivity index (χ3n) is 4.30. The summed E-state index contributed by atoms with van der Waals surface area (Å²) in [4.78, 5) is 12.7. The van der Waals surface area contributed by atoms with Crippen LogP contribution in [0.4, 0.5) is 5.69 Å². The van der Waals surface area contributed by atoms with Gasteiger partial charge in [0.05, 0.1) is 12.8 Å². The normalized spacial score (nSPS) is 12.5. The van der Waals surface area contributed by atoms with Gasteiger partial charge in [0.1, 0.15) is 24.7 Å². The van der Waals surface area contributed by atoms with Crippen LogP contribution in [-0.2, 0) is 7.05 Å². The molecule has 0 bridgehead atoms. The van der Waals surface area contributed by atoms with Crippen molar-refractivity contribution in [2.45, 2.75) is 0 Å². The molecule has 1 N–H and O–H groups in total. The molecule has 0 saturated heterocycles. The first-order valence-electron chi connectivity index (χ1n) is 8.53. The second kappa shape index (κ2) is 7.03. The second-order valence-corrected chi connectivity index (χ2v) is 6.08. The Labute approximate surface area is 156 Å². The monoisotopic (exact) mass is 365 g/mol. The number of hydrogen-bond acceptors (Lipinski definition) is 5. The first-order valence-corrected chi connectivity index (χ1v) is 8.53. The molecule has 0 unspecified atom stereocenters. The number of benzene rings is 2. The van der Waals surface area contributed by atoms with Gasteiger partial charge in [-0.2, -0.15) is 5.10 Å². The van der Waals surface area contributed by atoms with Crippen LogP contribution in [0.3, 0.4) is 0 Å². The molecule has 7 heteroatoms. The molecule has 27 heavy (non-hydrogen) atoms. The van der Waals surface area contributed by atoms with Crippen molar-refractivity contribution in [3.8, 4) is 28.5 Å². The highest BCUT2D eigenvalue weighted by atomic mass is 16.6. The van der Waals surface area contributed by atoms with Gasteiger partial charge < -0.3 is 19.5 Å². The van der Waals surface area contributed by atoms with E-state index in [0.717, 1.165) is 11.3 Å². The highest BCUT2D eigenvalue weighted by Gasteiger charge is 2.17. The number of nitrogens with zero attached hydrogens (tertiary/aromatic N) is 2. The van der Waals surface area contributed by atoms with E-state index < -0.39 is 0 Å². The Balaban J connectivity index is 1.54. The molecule has 4 rings (SSSR count). The van der Waals surface area contributed by atoms with E-state index in [4.69, 9.17) is 14.2 Å². The maximum atomic E-state index is 12.7. The minimum Gasteiger partial charge on any atom is -0.497 e. The lowest BCUT2D eigenvalue weighted by Gasteiger charge is -2.19. The molecule has 0 atom stereocenters. The predicted octanol–water partition coefficient (Wildman–Crippen LogP) is 3.12. The fraction of sp³-hybridized carbons (Fsp3) is 0.200. The maximum absolute atomic E-state index is 12.7. The number of anilines is 1. The van der Waals surface area contributed by atoms with Gasteiger partial charge in [-0.3, -0.25) is 9.48 Å². The van der Waals surface area contributed by atoms with Crippen molar-refractivity contribution in [1.29, 1.82) is 0 Å². The van der Waals surface area contributed by atoms with Crippen molar-refractivity contribution < 1.29 is 19.0 Å². The van der Waals surface area contributed by atoms with Crippen LogP contribution in [0.15, 0.2) is 48.5 Å². The Bertz CT molecular complexity index is 979. The van der Waals surface area contributed by atoms with Crippen LogP contribution >= 0.6 is 0 Å². The summed E-state index contributed by atoms with van der Waals surface area (Å²) in [6, 6.07) is 14.6. The zero-order chi connectivity index (χ0) is 18.8. The summed E-state index contributed by atoms with van der Waals surface area (Å²) in [5, 5.41) is 7.32. The Morgan fingerprint density at radius 1 is 1.07 bits per heavy atom. The van der Waals surface area contributed by atoms with Gasteiger partial charge in [0.15, 0.2) is 11.5 Å². The number of rotatable bonds is 4. The smallest absolute Gasteiger partial charge is 0.273 e. The minimum absolute atomic E-state index is 0.249. The van der Waals surface area contributed by atoms with Crippen LogP contribution in [0.1, 0.15) is 10.5 Å². The number of hydrogen-bond donors (Lipinski definition) is 1. The third-order valence-corrected chi connectivity index (χ3v) is 4.30. The quantitative estimate of drug-likeness (QED) is 0.769. The van der Waals surface area contributed by atoms with E-state index in [1.807, 2.05) is 24.3 Å². The molecular formula is C20H19N3O4. The first kappa shape index (κ1) is 17.0. The lowest BCUT2D eigenvalue weighted by molar-refractivity contribution is 0.101. The van der Waals surface area contributed by atoms with E-state index in [-0.39, 0.29) is 5.91 Å². The number of methoxy groups -OCH3 is 1. The van der Waals surface area contributed by atoms with Crippen LogP contribution in [0, 0.1) is 0 Å². The molecule has 0 saturated carbocycles. The molecule has 0 aliphatic carbocycles. The number of carbonyl (C=O) groups excluding carboxylic acids is 1. The number of aromatic nitrogens is 2. The summed E-state index contributed by atoms with van der Waals surface area (Å²) in [5.41, 5.74) is 2.71. The van der Waals surface area contributed by atoms with Crippen molar-refractivity contribution in [2.24, 2.45) is 7.05 Å². The second-order valence-electron chi connectivity index (χ2n) is 6.08. The van der Waals surface area contributed by atoms with Gasteiger partial charge in [0.25, 0.3) is 5.91 Å². The zero-order valence-corrected chi connectivity index (χ0v) is 15.1. The van der Waals surface area contributed by atoms with E-state index in [0.29, 0.717) is 41.8 Å². The molecule has 2 aromatic carbocycles.